The molecule has 4 saturated carbocycles. The van der Waals surface area contributed by atoms with Crippen LogP contribution in [0.5, 0.6) is 0 Å². The van der Waals surface area contributed by atoms with E-state index in [-0.39, 0.29) is 5.79 Å². The minimum atomic E-state index is -0.388. The van der Waals surface area contributed by atoms with E-state index in [4.69, 9.17) is 9.47 Å². The minimum absolute atomic E-state index is 0.347. The van der Waals surface area contributed by atoms with Crippen molar-refractivity contribution < 1.29 is 9.47 Å². The van der Waals surface area contributed by atoms with E-state index in [1.54, 1.807) is 0 Å². The highest BCUT2D eigenvalue weighted by atomic mass is 16.8. The monoisotopic (exact) mass is 346 g/mol. The molecule has 1 aliphatic heterocycles. The van der Waals surface area contributed by atoms with Crippen molar-refractivity contribution in [3.8, 4) is 0 Å². The van der Waals surface area contributed by atoms with Crippen LogP contribution < -0.4 is 0 Å². The van der Waals surface area contributed by atoms with Gasteiger partial charge in [-0.25, -0.2) is 0 Å². The van der Waals surface area contributed by atoms with Gasteiger partial charge in [0.05, 0.1) is 12.2 Å². The van der Waals surface area contributed by atoms with Gasteiger partial charge in [0.25, 0.3) is 0 Å². The topological polar surface area (TPSA) is 18.5 Å². The van der Waals surface area contributed by atoms with Gasteiger partial charge in [0.1, 0.15) is 0 Å². The lowest BCUT2D eigenvalue weighted by atomic mass is 9.43. The van der Waals surface area contributed by atoms with Gasteiger partial charge in [0.15, 0.2) is 5.79 Å². The van der Waals surface area contributed by atoms with Crippen molar-refractivity contribution in [3.05, 3.63) is 0 Å². The third kappa shape index (κ3) is 2.16. The summed E-state index contributed by atoms with van der Waals surface area (Å²) in [6.07, 6.45) is 12.0. The van der Waals surface area contributed by atoms with Crippen LogP contribution >= 0.6 is 0 Å². The molecule has 2 nitrogen and oxygen atoms in total. The smallest absolute Gasteiger partial charge is 0.163 e. The lowest BCUT2D eigenvalue weighted by molar-refractivity contribution is -0.178. The lowest BCUT2D eigenvalue weighted by Gasteiger charge is -2.62. The second kappa shape index (κ2) is 5.25. The number of rotatable bonds is 0. The van der Waals surface area contributed by atoms with Gasteiger partial charge in [0, 0.05) is 0 Å². The van der Waals surface area contributed by atoms with E-state index in [9.17, 15) is 0 Å². The Morgan fingerprint density at radius 1 is 0.680 bits per heavy atom. The van der Waals surface area contributed by atoms with Crippen LogP contribution in [-0.2, 0) is 9.47 Å². The molecule has 0 aromatic carbocycles. The van der Waals surface area contributed by atoms with Crippen LogP contribution in [-0.4, -0.2) is 18.0 Å². The third-order valence-corrected chi connectivity index (χ3v) is 9.92. The fourth-order valence-corrected chi connectivity index (χ4v) is 8.50. The molecule has 4 aliphatic carbocycles. The first-order valence-electron chi connectivity index (χ1n) is 11.1. The van der Waals surface area contributed by atoms with Crippen molar-refractivity contribution in [1.82, 2.24) is 0 Å². The van der Waals surface area contributed by atoms with Gasteiger partial charge in [0.2, 0.25) is 0 Å². The first-order valence-corrected chi connectivity index (χ1v) is 11.1. The molecule has 0 N–H and O–H groups in total. The van der Waals surface area contributed by atoms with Gasteiger partial charge in [-0.2, -0.15) is 0 Å². The normalized spacial score (nSPS) is 59.6. The first-order chi connectivity index (χ1) is 11.8. The van der Waals surface area contributed by atoms with Gasteiger partial charge in [-0.05, 0) is 92.8 Å². The summed E-state index contributed by atoms with van der Waals surface area (Å²) in [4.78, 5) is 0. The second-order valence-corrected chi connectivity index (χ2v) is 11.2. The van der Waals surface area contributed by atoms with Crippen molar-refractivity contribution in [3.63, 3.8) is 0 Å². The van der Waals surface area contributed by atoms with Crippen LogP contribution in [0.15, 0.2) is 0 Å². The maximum atomic E-state index is 6.68. The van der Waals surface area contributed by atoms with E-state index in [0.717, 1.165) is 29.6 Å². The van der Waals surface area contributed by atoms with Gasteiger partial charge in [-0.1, -0.05) is 33.6 Å². The highest BCUT2D eigenvalue weighted by Gasteiger charge is 2.67. The molecule has 5 aliphatic rings. The van der Waals surface area contributed by atoms with E-state index in [1.165, 1.54) is 51.4 Å². The highest BCUT2D eigenvalue weighted by Crippen LogP contribution is 2.69. The zero-order valence-corrected chi connectivity index (χ0v) is 17.0. The SMILES string of the molecule is C[C@H]1CCC2C3C(CC[C@@]21C)[C@@]1(C)CCCCC1[C@H]1OC(C)(C)O[C@H]31. The maximum absolute atomic E-state index is 6.68. The lowest BCUT2D eigenvalue weighted by Crippen LogP contribution is -2.62. The second-order valence-electron chi connectivity index (χ2n) is 11.2. The van der Waals surface area contributed by atoms with E-state index in [1.807, 2.05) is 0 Å². The number of hydrogen-bond donors (Lipinski definition) is 0. The average Bonchev–Trinajstić information content (AvgIpc) is 3.03. The van der Waals surface area contributed by atoms with Crippen LogP contribution in [0.3, 0.4) is 0 Å². The molecule has 0 aromatic rings. The third-order valence-electron chi connectivity index (χ3n) is 9.92. The van der Waals surface area contributed by atoms with Crippen LogP contribution in [0, 0.1) is 40.4 Å². The largest absolute Gasteiger partial charge is 0.344 e. The summed E-state index contributed by atoms with van der Waals surface area (Å²) in [7, 11) is 0. The summed E-state index contributed by atoms with van der Waals surface area (Å²) in [5.41, 5.74) is 1.03. The summed E-state index contributed by atoms with van der Waals surface area (Å²) in [5.74, 6) is 3.66. The average molecular weight is 347 g/mol. The van der Waals surface area contributed by atoms with E-state index in [2.05, 4.69) is 34.6 Å². The fraction of sp³-hybridized carbons (Fsp3) is 1.00. The standard InChI is InChI=1S/C23H38O2/c1-14-9-10-15-18-16(11-13-22(14,15)4)23(5)12-7-6-8-17(23)19-20(18)25-21(2,3)24-19/h14-20H,6-13H2,1-5H3/t14-,15?,16?,17?,18?,19+,20+,22+,23+/m0/s1. The minimum Gasteiger partial charge on any atom is -0.344 e. The van der Waals surface area contributed by atoms with Crippen molar-refractivity contribution in [2.75, 3.05) is 0 Å². The predicted molar refractivity (Wildman–Crippen MR) is 100 cm³/mol. The Kier molecular flexibility index (Phi) is 3.58. The molecule has 0 radical (unpaired) electrons. The Morgan fingerprint density at radius 3 is 2.20 bits per heavy atom. The van der Waals surface area contributed by atoms with Crippen LogP contribution in [0.4, 0.5) is 0 Å². The number of fused-ring (bicyclic) bond motifs is 8. The Hall–Kier alpha value is -0.0800. The van der Waals surface area contributed by atoms with Crippen molar-refractivity contribution >= 4 is 0 Å². The van der Waals surface area contributed by atoms with E-state index >= 15 is 0 Å². The Morgan fingerprint density at radius 2 is 1.40 bits per heavy atom. The zero-order valence-electron chi connectivity index (χ0n) is 17.0. The fourth-order valence-electron chi connectivity index (χ4n) is 8.50. The summed E-state index contributed by atoms with van der Waals surface area (Å²) < 4.78 is 13.3. The maximum Gasteiger partial charge on any atom is 0.163 e. The van der Waals surface area contributed by atoms with Crippen molar-refractivity contribution in [1.29, 1.82) is 0 Å². The van der Waals surface area contributed by atoms with Crippen molar-refractivity contribution in [2.45, 2.75) is 104 Å². The molecule has 1 saturated heterocycles. The quantitative estimate of drug-likeness (QED) is 0.552. The molecule has 2 heteroatoms. The molecule has 0 bridgehead atoms. The van der Waals surface area contributed by atoms with E-state index in [0.29, 0.717) is 23.0 Å². The molecule has 25 heavy (non-hydrogen) atoms. The van der Waals surface area contributed by atoms with Crippen molar-refractivity contribution in [2.24, 2.45) is 40.4 Å². The molecule has 0 amide bonds. The van der Waals surface area contributed by atoms with E-state index < -0.39 is 0 Å². The zero-order chi connectivity index (χ0) is 17.6. The highest BCUT2D eigenvalue weighted by molar-refractivity contribution is 5.14. The molecular formula is C23H38O2. The molecular weight excluding hydrogens is 308 g/mol. The molecule has 4 unspecified atom stereocenters. The molecule has 1 heterocycles. The van der Waals surface area contributed by atoms with Crippen LogP contribution in [0.1, 0.15) is 86.0 Å². The molecule has 142 valence electrons. The van der Waals surface area contributed by atoms with Gasteiger partial charge < -0.3 is 9.47 Å². The molecule has 0 aromatic heterocycles. The molecule has 0 spiro atoms. The summed E-state index contributed by atoms with van der Waals surface area (Å²) in [6, 6.07) is 0. The number of hydrogen-bond acceptors (Lipinski definition) is 2. The van der Waals surface area contributed by atoms with Crippen LogP contribution in [0.2, 0.25) is 0 Å². The molecule has 9 atom stereocenters. The Bertz CT molecular complexity index is 556. The molecule has 5 rings (SSSR count). The summed E-state index contributed by atoms with van der Waals surface area (Å²) >= 11 is 0. The summed E-state index contributed by atoms with van der Waals surface area (Å²) in [5, 5.41) is 0. The predicted octanol–water partition coefficient (Wildman–Crippen LogP) is 5.80. The van der Waals surface area contributed by atoms with Crippen LogP contribution in [0.25, 0.3) is 0 Å². The number of ether oxygens (including phenoxy) is 2. The molecule has 5 fully saturated rings. The van der Waals surface area contributed by atoms with Gasteiger partial charge >= 0.3 is 0 Å². The van der Waals surface area contributed by atoms with Gasteiger partial charge in [-0.3, -0.25) is 0 Å². The first kappa shape index (κ1) is 17.0. The summed E-state index contributed by atoms with van der Waals surface area (Å²) in [6.45, 7) is 12.1. The Labute approximate surface area is 154 Å². The van der Waals surface area contributed by atoms with Gasteiger partial charge in [-0.15, -0.1) is 0 Å². The Balaban J connectivity index is 1.59.